The number of phenols is 2. The summed E-state index contributed by atoms with van der Waals surface area (Å²) in [6.07, 6.45) is -0.0714. The van der Waals surface area contributed by atoms with Crippen LogP contribution < -0.4 is 0 Å². The van der Waals surface area contributed by atoms with Crippen LogP contribution in [0.2, 0.25) is 0 Å². The maximum absolute atomic E-state index is 10.1. The molecule has 2 aromatic rings. The summed E-state index contributed by atoms with van der Waals surface area (Å²) in [5.41, 5.74) is 4.90. The van der Waals surface area contributed by atoms with Crippen LogP contribution in [0, 0.1) is 13.8 Å². The van der Waals surface area contributed by atoms with Crippen LogP contribution >= 0.6 is 0 Å². The number of aryl methyl sites for hydroxylation is 2. The van der Waals surface area contributed by atoms with Gasteiger partial charge in [0.2, 0.25) is 0 Å². The Morgan fingerprint density at radius 3 is 2.09 bits per heavy atom. The van der Waals surface area contributed by atoms with Crippen molar-refractivity contribution in [1.82, 2.24) is 0 Å². The number of aliphatic hydroxyl groups is 1. The first-order chi connectivity index (χ1) is 10.8. The van der Waals surface area contributed by atoms with Gasteiger partial charge in [-0.3, -0.25) is 0 Å². The second kappa shape index (κ2) is 7.02. The average Bonchev–Trinajstić information content (AvgIpc) is 2.47. The van der Waals surface area contributed by atoms with Gasteiger partial charge in [-0.05, 0) is 61.6 Å². The second-order valence-corrected chi connectivity index (χ2v) is 6.06. The Hall–Kier alpha value is -2.04. The van der Waals surface area contributed by atoms with E-state index >= 15 is 0 Å². The number of hydrogen-bond acceptors (Lipinski definition) is 4. The van der Waals surface area contributed by atoms with Gasteiger partial charge in [-0.2, -0.15) is 0 Å². The van der Waals surface area contributed by atoms with Crippen molar-refractivity contribution >= 4 is 0 Å². The molecule has 124 valence electrons. The van der Waals surface area contributed by atoms with Crippen LogP contribution in [0.3, 0.4) is 0 Å². The molecule has 0 amide bonds. The maximum atomic E-state index is 10.1. The van der Waals surface area contributed by atoms with E-state index < -0.39 is 6.10 Å². The molecule has 0 aliphatic rings. The van der Waals surface area contributed by atoms with Gasteiger partial charge in [-0.1, -0.05) is 12.1 Å². The van der Waals surface area contributed by atoms with Gasteiger partial charge in [0.15, 0.2) is 0 Å². The molecule has 0 aromatic heterocycles. The summed E-state index contributed by atoms with van der Waals surface area (Å²) in [7, 11) is 1.60. The predicted octanol–water partition coefficient (Wildman–Crippen LogP) is 3.51. The average molecular weight is 316 g/mol. The topological polar surface area (TPSA) is 69.9 Å². The largest absolute Gasteiger partial charge is 0.507 e. The summed E-state index contributed by atoms with van der Waals surface area (Å²) >= 11 is 0. The number of benzene rings is 2. The molecule has 2 rings (SSSR count). The molecule has 0 saturated carbocycles. The second-order valence-electron chi connectivity index (χ2n) is 6.06. The van der Waals surface area contributed by atoms with Crippen molar-refractivity contribution in [2.75, 3.05) is 7.11 Å². The van der Waals surface area contributed by atoms with Crippen LogP contribution in [0.4, 0.5) is 0 Å². The summed E-state index contributed by atoms with van der Waals surface area (Å²) in [6, 6.07) is 7.61. The lowest BCUT2D eigenvalue weighted by Gasteiger charge is -2.14. The number of rotatable bonds is 5. The van der Waals surface area contributed by atoms with Gasteiger partial charge in [0, 0.05) is 18.2 Å². The van der Waals surface area contributed by atoms with Gasteiger partial charge in [0.25, 0.3) is 0 Å². The molecule has 2 aromatic carbocycles. The van der Waals surface area contributed by atoms with Gasteiger partial charge < -0.3 is 20.1 Å². The zero-order valence-corrected chi connectivity index (χ0v) is 14.1. The fourth-order valence-electron chi connectivity index (χ4n) is 2.84. The predicted molar refractivity (Wildman–Crippen MR) is 89.8 cm³/mol. The molecule has 0 spiro atoms. The molecular weight excluding hydrogens is 292 g/mol. The number of aromatic hydroxyl groups is 2. The lowest BCUT2D eigenvalue weighted by atomic mass is 9.95. The summed E-state index contributed by atoms with van der Waals surface area (Å²) in [4.78, 5) is 0. The number of phenolic OH excluding ortho intramolecular Hbond substituents is 2. The lowest BCUT2D eigenvalue weighted by molar-refractivity contribution is 0.182. The zero-order chi connectivity index (χ0) is 17.1. The van der Waals surface area contributed by atoms with Crippen molar-refractivity contribution in [3.8, 4) is 11.5 Å². The lowest BCUT2D eigenvalue weighted by Crippen LogP contribution is -1.99. The number of methoxy groups -OCH3 is 1. The fourth-order valence-corrected chi connectivity index (χ4v) is 2.84. The minimum atomic E-state index is -0.723. The van der Waals surface area contributed by atoms with Gasteiger partial charge >= 0.3 is 0 Å². The first-order valence-corrected chi connectivity index (χ1v) is 7.64. The third-order valence-electron chi connectivity index (χ3n) is 3.99. The van der Waals surface area contributed by atoms with E-state index in [-0.39, 0.29) is 11.5 Å². The SMILES string of the molecule is COCc1cc(Cc2cc(C)c(O)c(C(C)O)c2)cc(C)c1O. The van der Waals surface area contributed by atoms with Crippen LogP contribution in [0.1, 0.15) is 46.4 Å². The normalized spacial score (nSPS) is 12.4. The Morgan fingerprint density at radius 2 is 1.52 bits per heavy atom. The molecule has 4 nitrogen and oxygen atoms in total. The highest BCUT2D eigenvalue weighted by Crippen LogP contribution is 2.31. The fraction of sp³-hybridized carbons (Fsp3) is 0.368. The van der Waals surface area contributed by atoms with Crippen molar-refractivity contribution in [2.24, 2.45) is 0 Å². The molecular formula is C19H24O4. The Kier molecular flexibility index (Phi) is 5.29. The minimum absolute atomic E-state index is 0.144. The Bertz CT molecular complexity index is 705. The molecule has 23 heavy (non-hydrogen) atoms. The third-order valence-corrected chi connectivity index (χ3v) is 3.99. The van der Waals surface area contributed by atoms with Crippen LogP contribution in [-0.2, 0) is 17.8 Å². The Morgan fingerprint density at radius 1 is 0.957 bits per heavy atom. The van der Waals surface area contributed by atoms with Crippen LogP contribution in [-0.4, -0.2) is 22.4 Å². The molecule has 4 heteroatoms. The van der Waals surface area contributed by atoms with Gasteiger partial charge in [0.05, 0.1) is 12.7 Å². The van der Waals surface area contributed by atoms with E-state index in [1.54, 1.807) is 14.0 Å². The van der Waals surface area contributed by atoms with Crippen LogP contribution in [0.25, 0.3) is 0 Å². The molecule has 0 saturated heterocycles. The highest BCUT2D eigenvalue weighted by atomic mass is 16.5. The van der Waals surface area contributed by atoms with E-state index in [1.807, 2.05) is 38.1 Å². The zero-order valence-electron chi connectivity index (χ0n) is 14.1. The molecule has 3 N–H and O–H groups in total. The highest BCUT2D eigenvalue weighted by Gasteiger charge is 2.13. The minimum Gasteiger partial charge on any atom is -0.507 e. The number of ether oxygens (including phenoxy) is 1. The van der Waals surface area contributed by atoms with Gasteiger partial charge in [-0.25, -0.2) is 0 Å². The maximum Gasteiger partial charge on any atom is 0.124 e. The summed E-state index contributed by atoms with van der Waals surface area (Å²) < 4.78 is 5.13. The molecule has 0 aliphatic heterocycles. The quantitative estimate of drug-likeness (QED) is 0.789. The smallest absolute Gasteiger partial charge is 0.124 e. The van der Waals surface area contributed by atoms with E-state index in [0.29, 0.717) is 18.6 Å². The summed E-state index contributed by atoms with van der Waals surface area (Å²) in [6.45, 7) is 5.68. The first kappa shape index (κ1) is 17.3. The van der Waals surface area contributed by atoms with E-state index in [4.69, 9.17) is 4.74 Å². The molecule has 1 atom stereocenters. The number of hydrogen-bond donors (Lipinski definition) is 3. The van der Waals surface area contributed by atoms with Gasteiger partial charge in [0.1, 0.15) is 11.5 Å². The van der Waals surface area contributed by atoms with Crippen molar-refractivity contribution in [2.45, 2.75) is 39.9 Å². The van der Waals surface area contributed by atoms with Crippen molar-refractivity contribution in [3.05, 3.63) is 57.6 Å². The van der Waals surface area contributed by atoms with Crippen LogP contribution in [0.5, 0.6) is 11.5 Å². The van der Waals surface area contributed by atoms with E-state index in [0.717, 1.165) is 27.8 Å². The highest BCUT2D eigenvalue weighted by molar-refractivity contribution is 5.47. The Labute approximate surface area is 137 Å². The standard InChI is InChI=1S/C19H24O4/c1-11-5-14(8-16(10-23-4)18(11)21)7-15-6-12(2)19(22)17(9-15)13(3)20/h5-6,8-9,13,20-22H,7,10H2,1-4H3. The first-order valence-electron chi connectivity index (χ1n) is 7.64. The van der Waals surface area contributed by atoms with Crippen LogP contribution in [0.15, 0.2) is 24.3 Å². The third kappa shape index (κ3) is 3.84. The summed E-state index contributed by atoms with van der Waals surface area (Å²) in [5, 5.41) is 29.9. The molecule has 0 aliphatic carbocycles. The van der Waals surface area contributed by atoms with E-state index in [2.05, 4.69) is 0 Å². The van der Waals surface area contributed by atoms with Crippen molar-refractivity contribution in [1.29, 1.82) is 0 Å². The molecule has 0 heterocycles. The Balaban J connectivity index is 2.39. The van der Waals surface area contributed by atoms with Gasteiger partial charge in [-0.15, -0.1) is 0 Å². The molecule has 0 fully saturated rings. The molecule has 0 radical (unpaired) electrons. The van der Waals surface area contributed by atoms with Crippen molar-refractivity contribution < 1.29 is 20.1 Å². The summed E-state index contributed by atoms with van der Waals surface area (Å²) in [5.74, 6) is 0.410. The molecule has 1 unspecified atom stereocenters. The number of aliphatic hydroxyl groups excluding tert-OH is 1. The van der Waals surface area contributed by atoms with Crippen molar-refractivity contribution in [3.63, 3.8) is 0 Å². The van der Waals surface area contributed by atoms with E-state index in [9.17, 15) is 15.3 Å². The van der Waals surface area contributed by atoms with E-state index in [1.165, 1.54) is 0 Å². The monoisotopic (exact) mass is 316 g/mol. The molecule has 0 bridgehead atoms.